The van der Waals surface area contributed by atoms with E-state index in [-0.39, 0.29) is 23.8 Å². The highest BCUT2D eigenvalue weighted by Crippen LogP contribution is 2.24. The Morgan fingerprint density at radius 2 is 2.23 bits per heavy atom. The third-order valence-corrected chi connectivity index (χ3v) is 3.54. The molecule has 9 heteroatoms. The summed E-state index contributed by atoms with van der Waals surface area (Å²) in [6, 6.07) is 4.71. The molecule has 2 aromatic heterocycles. The zero-order valence-electron chi connectivity index (χ0n) is 14.2. The molecule has 0 fully saturated rings. The van der Waals surface area contributed by atoms with E-state index in [1.54, 1.807) is 29.7 Å². The van der Waals surface area contributed by atoms with Crippen LogP contribution in [0.15, 0.2) is 36.9 Å². The lowest BCUT2D eigenvalue weighted by atomic mass is 10.2. The Morgan fingerprint density at radius 1 is 1.42 bits per heavy atom. The van der Waals surface area contributed by atoms with E-state index < -0.39 is 17.8 Å². The Kier molecular flexibility index (Phi) is 5.10. The van der Waals surface area contributed by atoms with Crippen molar-refractivity contribution in [3.05, 3.63) is 54.0 Å². The minimum absolute atomic E-state index is 0.0129. The van der Waals surface area contributed by atoms with Crippen molar-refractivity contribution >= 4 is 22.9 Å². The van der Waals surface area contributed by atoms with E-state index >= 15 is 0 Å². The molecule has 2 heterocycles. The molecule has 3 rings (SSSR count). The molecule has 0 aliphatic rings. The number of halogens is 1. The van der Waals surface area contributed by atoms with E-state index in [4.69, 9.17) is 4.84 Å². The van der Waals surface area contributed by atoms with Crippen LogP contribution in [0.1, 0.15) is 23.0 Å². The molecule has 0 radical (unpaired) electrons. The minimum Gasteiger partial charge on any atom is -0.391 e. The molecule has 0 saturated heterocycles. The van der Waals surface area contributed by atoms with Crippen LogP contribution in [-0.2, 0) is 4.84 Å². The number of hydrogen-bond acceptors (Lipinski definition) is 6. The second kappa shape index (κ2) is 7.46. The second-order valence-corrected chi connectivity index (χ2v) is 5.84. The van der Waals surface area contributed by atoms with Crippen molar-refractivity contribution < 1.29 is 19.1 Å². The van der Waals surface area contributed by atoms with Gasteiger partial charge in [0, 0.05) is 0 Å². The third-order valence-electron chi connectivity index (χ3n) is 3.54. The van der Waals surface area contributed by atoms with Crippen molar-refractivity contribution in [1.29, 1.82) is 0 Å². The van der Waals surface area contributed by atoms with Crippen molar-refractivity contribution in [1.82, 2.24) is 19.8 Å². The molecule has 0 aliphatic heterocycles. The molecule has 0 spiro atoms. The van der Waals surface area contributed by atoms with Gasteiger partial charge in [-0.1, -0.05) is 6.07 Å². The highest BCUT2D eigenvalue weighted by molar-refractivity contribution is 5.97. The summed E-state index contributed by atoms with van der Waals surface area (Å²) in [7, 11) is 0. The quantitative estimate of drug-likeness (QED) is 0.582. The van der Waals surface area contributed by atoms with Crippen molar-refractivity contribution in [2.45, 2.75) is 20.0 Å². The molecule has 0 bridgehead atoms. The summed E-state index contributed by atoms with van der Waals surface area (Å²) < 4.78 is 15.8. The number of imidazole rings is 1. The van der Waals surface area contributed by atoms with Gasteiger partial charge in [-0.05, 0) is 31.5 Å². The van der Waals surface area contributed by atoms with Crippen molar-refractivity contribution in [2.75, 3.05) is 11.9 Å². The van der Waals surface area contributed by atoms with Crippen LogP contribution in [0.5, 0.6) is 0 Å². The van der Waals surface area contributed by atoms with E-state index in [9.17, 15) is 14.3 Å². The van der Waals surface area contributed by atoms with E-state index in [0.717, 1.165) is 5.56 Å². The number of nitrogens with zero attached hydrogens (tertiary/aromatic N) is 3. The number of aliphatic hydroxyl groups is 1. The molecular weight excluding hydrogens is 341 g/mol. The lowest BCUT2D eigenvalue weighted by Gasteiger charge is -2.14. The van der Waals surface area contributed by atoms with Crippen molar-refractivity contribution in [3.8, 4) is 0 Å². The maximum absolute atomic E-state index is 14.2. The molecule has 26 heavy (non-hydrogen) atoms. The molecule has 1 atom stereocenters. The lowest BCUT2D eigenvalue weighted by molar-refractivity contribution is -0.00709. The molecule has 8 nitrogen and oxygen atoms in total. The van der Waals surface area contributed by atoms with Crippen LogP contribution in [0.3, 0.4) is 0 Å². The number of fused-ring (bicyclic) bond motifs is 1. The van der Waals surface area contributed by atoms with Gasteiger partial charge >= 0.3 is 0 Å². The van der Waals surface area contributed by atoms with Gasteiger partial charge in [-0.2, -0.15) is 0 Å². The Labute approximate surface area is 148 Å². The summed E-state index contributed by atoms with van der Waals surface area (Å²) in [6.07, 6.45) is 3.78. The number of hydrogen-bond donors (Lipinski definition) is 3. The monoisotopic (exact) mass is 359 g/mol. The number of anilines is 2. The summed E-state index contributed by atoms with van der Waals surface area (Å²) in [5.41, 5.74) is 3.79. The predicted molar refractivity (Wildman–Crippen MR) is 92.5 cm³/mol. The largest absolute Gasteiger partial charge is 0.391 e. The zero-order chi connectivity index (χ0) is 18.7. The average molecular weight is 359 g/mol. The number of carbonyl (C=O) groups is 1. The number of rotatable bonds is 6. The lowest BCUT2D eigenvalue weighted by Crippen LogP contribution is -2.29. The smallest absolute Gasteiger partial charge is 0.297 e. The van der Waals surface area contributed by atoms with Gasteiger partial charge in [-0.15, -0.1) is 0 Å². The second-order valence-electron chi connectivity index (χ2n) is 5.84. The number of aliphatic hydroxyl groups excluding tert-OH is 1. The van der Waals surface area contributed by atoms with Crippen LogP contribution in [-0.4, -0.2) is 38.1 Å². The summed E-state index contributed by atoms with van der Waals surface area (Å²) in [4.78, 5) is 25.5. The average Bonchev–Trinajstić information content (AvgIpc) is 3.06. The van der Waals surface area contributed by atoms with Gasteiger partial charge in [0.25, 0.3) is 5.91 Å². The van der Waals surface area contributed by atoms with E-state index in [1.165, 1.54) is 25.5 Å². The van der Waals surface area contributed by atoms with Crippen LogP contribution in [0, 0.1) is 12.7 Å². The predicted octanol–water partition coefficient (Wildman–Crippen LogP) is 1.96. The SMILES string of the molecule is Cc1ccc(Nc2c(C(=O)NOC[C@H](C)O)ncc3cncn23)c(F)c1. The van der Waals surface area contributed by atoms with Gasteiger partial charge in [0.15, 0.2) is 5.69 Å². The summed E-state index contributed by atoms with van der Waals surface area (Å²) in [6.45, 7) is 3.23. The normalized spacial score (nSPS) is 12.2. The van der Waals surface area contributed by atoms with Crippen LogP contribution in [0.2, 0.25) is 0 Å². The van der Waals surface area contributed by atoms with E-state index in [0.29, 0.717) is 5.52 Å². The highest BCUT2D eigenvalue weighted by atomic mass is 19.1. The first-order valence-electron chi connectivity index (χ1n) is 7.90. The Balaban J connectivity index is 1.96. The Morgan fingerprint density at radius 3 is 2.96 bits per heavy atom. The van der Waals surface area contributed by atoms with Gasteiger partial charge in [0.2, 0.25) is 0 Å². The van der Waals surface area contributed by atoms with Gasteiger partial charge in [0.05, 0.1) is 29.7 Å². The molecule has 136 valence electrons. The van der Waals surface area contributed by atoms with Gasteiger partial charge in [0.1, 0.15) is 24.6 Å². The maximum atomic E-state index is 14.2. The van der Waals surface area contributed by atoms with Crippen LogP contribution in [0.4, 0.5) is 15.9 Å². The molecule has 0 saturated carbocycles. The van der Waals surface area contributed by atoms with Gasteiger partial charge in [-0.25, -0.2) is 19.8 Å². The van der Waals surface area contributed by atoms with Gasteiger partial charge in [-0.3, -0.25) is 14.0 Å². The number of amides is 1. The summed E-state index contributed by atoms with van der Waals surface area (Å²) >= 11 is 0. The maximum Gasteiger partial charge on any atom is 0.297 e. The van der Waals surface area contributed by atoms with E-state index in [2.05, 4.69) is 20.8 Å². The first-order chi connectivity index (χ1) is 12.5. The number of hydroxylamine groups is 1. The number of benzene rings is 1. The van der Waals surface area contributed by atoms with Gasteiger partial charge < -0.3 is 10.4 Å². The fourth-order valence-corrected chi connectivity index (χ4v) is 2.30. The molecule has 1 amide bonds. The van der Waals surface area contributed by atoms with Crippen molar-refractivity contribution in [2.24, 2.45) is 0 Å². The molecule has 0 aliphatic carbocycles. The topological polar surface area (TPSA) is 101 Å². The fourth-order valence-electron chi connectivity index (χ4n) is 2.30. The standard InChI is InChI=1S/C17H18FN5O3/c1-10-3-4-14(13(18)5-10)21-16-15(17(25)22-26-8-11(2)24)20-7-12-6-19-9-23(12)16/h3-7,9,11,21,24H,8H2,1-2H3,(H,22,25)/t11-/m0/s1. The van der Waals surface area contributed by atoms with Crippen molar-refractivity contribution in [3.63, 3.8) is 0 Å². The fraction of sp³-hybridized carbons (Fsp3) is 0.235. The number of carbonyl (C=O) groups excluding carboxylic acids is 1. The summed E-state index contributed by atoms with van der Waals surface area (Å²) in [5, 5.41) is 12.1. The summed E-state index contributed by atoms with van der Waals surface area (Å²) in [5.74, 6) is -0.865. The first-order valence-corrected chi connectivity index (χ1v) is 7.90. The molecule has 0 unspecified atom stereocenters. The molecule has 3 aromatic rings. The molecular formula is C17H18FN5O3. The highest BCUT2D eigenvalue weighted by Gasteiger charge is 2.18. The van der Waals surface area contributed by atoms with Crippen LogP contribution in [0.25, 0.3) is 5.52 Å². The Bertz CT molecular complexity index is 941. The minimum atomic E-state index is -0.737. The number of aryl methyl sites for hydroxylation is 1. The van der Waals surface area contributed by atoms with Crippen LogP contribution >= 0.6 is 0 Å². The molecule has 1 aromatic carbocycles. The first kappa shape index (κ1) is 17.8. The van der Waals surface area contributed by atoms with Crippen LogP contribution < -0.4 is 10.8 Å². The Hall–Kier alpha value is -3.04. The third kappa shape index (κ3) is 3.79. The number of nitrogens with one attached hydrogen (secondary N) is 2. The zero-order valence-corrected chi connectivity index (χ0v) is 14.2. The molecule has 3 N–H and O–H groups in total. The van der Waals surface area contributed by atoms with E-state index in [1.807, 2.05) is 0 Å². The number of aromatic nitrogens is 3.